The molecule has 9 heteroatoms. The molecule has 1 aromatic carbocycles. The monoisotopic (exact) mass is 384 g/mol. The fourth-order valence-corrected chi connectivity index (χ4v) is 3.25. The van der Waals surface area contributed by atoms with Gasteiger partial charge < -0.3 is 21.1 Å². The normalized spacial score (nSPS) is 16.5. The topological polar surface area (TPSA) is 121 Å². The van der Waals surface area contributed by atoms with Crippen molar-refractivity contribution in [1.82, 2.24) is 30.7 Å². The smallest absolute Gasteiger partial charge is 0.319 e. The Balaban J connectivity index is 1.68. The molecule has 0 saturated carbocycles. The number of benzene rings is 1. The van der Waals surface area contributed by atoms with Gasteiger partial charge in [0, 0.05) is 18.8 Å². The maximum absolute atomic E-state index is 12.8. The van der Waals surface area contributed by atoms with Crippen molar-refractivity contribution in [3.8, 4) is 5.75 Å². The van der Waals surface area contributed by atoms with Crippen LogP contribution in [0.15, 0.2) is 35.5 Å². The van der Waals surface area contributed by atoms with Crippen molar-refractivity contribution >= 4 is 11.9 Å². The number of amides is 3. The van der Waals surface area contributed by atoms with Crippen LogP contribution in [0.1, 0.15) is 36.6 Å². The summed E-state index contributed by atoms with van der Waals surface area (Å²) >= 11 is 0. The van der Waals surface area contributed by atoms with Crippen molar-refractivity contribution in [2.75, 3.05) is 6.54 Å². The minimum atomic E-state index is -0.638. The highest BCUT2D eigenvalue weighted by atomic mass is 16.3. The lowest BCUT2D eigenvalue weighted by molar-refractivity contribution is -0.117. The number of phenols is 1. The first-order valence-corrected chi connectivity index (χ1v) is 9.08. The lowest BCUT2D eigenvalue weighted by Gasteiger charge is -2.28. The van der Waals surface area contributed by atoms with E-state index in [4.69, 9.17) is 0 Å². The molecule has 28 heavy (non-hydrogen) atoms. The predicted molar refractivity (Wildman–Crippen MR) is 102 cm³/mol. The molecule has 1 aliphatic heterocycles. The predicted octanol–water partition coefficient (Wildman–Crippen LogP) is 1.43. The van der Waals surface area contributed by atoms with E-state index >= 15 is 0 Å². The van der Waals surface area contributed by atoms with Gasteiger partial charge in [-0.15, -0.1) is 0 Å². The minimum absolute atomic E-state index is 0.0705. The number of hydrogen-bond donors (Lipinski definition) is 4. The van der Waals surface area contributed by atoms with Crippen LogP contribution in [0.25, 0.3) is 0 Å². The zero-order chi connectivity index (χ0) is 20.3. The summed E-state index contributed by atoms with van der Waals surface area (Å²) in [6.45, 7) is 6.52. The average Bonchev–Trinajstić information content (AvgIpc) is 2.95. The molecule has 0 fully saturated rings. The van der Waals surface area contributed by atoms with Crippen molar-refractivity contribution in [3.05, 3.63) is 52.7 Å². The maximum atomic E-state index is 12.8. The molecule has 0 unspecified atom stereocenters. The Morgan fingerprint density at radius 2 is 2.11 bits per heavy atom. The molecule has 1 aromatic heterocycles. The number of nitrogens with zero attached hydrogens (tertiary/aromatic N) is 3. The number of urea groups is 1. The average molecular weight is 384 g/mol. The van der Waals surface area contributed by atoms with Crippen molar-refractivity contribution in [2.45, 2.75) is 39.8 Å². The minimum Gasteiger partial charge on any atom is -0.508 e. The molecule has 0 aliphatic carbocycles. The summed E-state index contributed by atoms with van der Waals surface area (Å²) in [7, 11) is 0. The number of allylic oxidation sites excluding steroid dienone is 1. The van der Waals surface area contributed by atoms with Gasteiger partial charge in [-0.2, -0.15) is 5.10 Å². The highest BCUT2D eigenvalue weighted by Crippen LogP contribution is 2.28. The third-order valence-electron chi connectivity index (χ3n) is 4.51. The number of carbonyl (C=O) groups excluding carboxylic acids is 2. The van der Waals surface area contributed by atoms with Crippen molar-refractivity contribution in [1.29, 1.82) is 0 Å². The largest absolute Gasteiger partial charge is 0.508 e. The van der Waals surface area contributed by atoms with Crippen LogP contribution in [0.5, 0.6) is 5.75 Å². The van der Waals surface area contributed by atoms with Gasteiger partial charge in [0.2, 0.25) is 0 Å². The number of hydrogen-bond acceptors (Lipinski definition) is 5. The van der Waals surface area contributed by atoms with Gasteiger partial charge >= 0.3 is 6.03 Å². The van der Waals surface area contributed by atoms with Gasteiger partial charge in [0.05, 0.1) is 11.6 Å². The fourth-order valence-electron chi connectivity index (χ4n) is 3.25. The van der Waals surface area contributed by atoms with E-state index in [1.807, 2.05) is 18.5 Å². The van der Waals surface area contributed by atoms with Gasteiger partial charge in [0.1, 0.15) is 17.4 Å². The first-order chi connectivity index (χ1) is 13.3. The number of nitrogens with one attached hydrogen (secondary N) is 3. The summed E-state index contributed by atoms with van der Waals surface area (Å²) in [5.74, 6) is 1.36. The summed E-state index contributed by atoms with van der Waals surface area (Å²) < 4.78 is 1.81. The van der Waals surface area contributed by atoms with Gasteiger partial charge in [-0.05, 0) is 44.9 Å². The van der Waals surface area contributed by atoms with Crippen molar-refractivity contribution in [2.24, 2.45) is 0 Å². The molecule has 1 atom stereocenters. The molecule has 9 nitrogen and oxygen atoms in total. The lowest BCUT2D eigenvalue weighted by atomic mass is 9.94. The highest BCUT2D eigenvalue weighted by molar-refractivity contribution is 5.98. The molecular weight excluding hydrogens is 360 g/mol. The number of carbonyl (C=O) groups is 2. The van der Waals surface area contributed by atoms with E-state index in [-0.39, 0.29) is 17.7 Å². The molecule has 3 amide bonds. The number of rotatable bonds is 6. The van der Waals surface area contributed by atoms with Crippen LogP contribution in [-0.4, -0.2) is 38.4 Å². The molecule has 148 valence electrons. The number of phenolic OH excluding ortho intramolecular Hbond substituents is 1. The molecule has 1 aliphatic rings. The van der Waals surface area contributed by atoms with Gasteiger partial charge in [0.25, 0.3) is 5.91 Å². The third kappa shape index (κ3) is 4.30. The Kier molecular flexibility index (Phi) is 5.62. The standard InChI is InChI=1S/C19H24N6O3/c1-11-16(17(23-19(28)21-11)14-6-4-7-15(26)10-14)18(27)20-8-5-9-25-13(3)22-12(2)24-25/h4,6-7,10,17,26H,5,8-9H2,1-3H3,(H,20,27)(H2,21,23,28)/t17-/m1/s1. The highest BCUT2D eigenvalue weighted by Gasteiger charge is 2.31. The van der Waals surface area contributed by atoms with Crippen LogP contribution in [0.4, 0.5) is 4.79 Å². The zero-order valence-electron chi connectivity index (χ0n) is 16.1. The Hall–Kier alpha value is -3.36. The summed E-state index contributed by atoms with van der Waals surface area (Å²) in [4.78, 5) is 29.0. The number of aromatic hydroxyl groups is 1. The van der Waals surface area contributed by atoms with Gasteiger partial charge in [0.15, 0.2) is 0 Å². The van der Waals surface area contributed by atoms with E-state index in [2.05, 4.69) is 26.0 Å². The Labute approximate surface area is 162 Å². The van der Waals surface area contributed by atoms with Crippen LogP contribution in [0, 0.1) is 13.8 Å². The summed E-state index contributed by atoms with van der Waals surface area (Å²) in [5.41, 5.74) is 1.53. The van der Waals surface area contributed by atoms with Crippen LogP contribution < -0.4 is 16.0 Å². The van der Waals surface area contributed by atoms with E-state index in [9.17, 15) is 14.7 Å². The zero-order valence-corrected chi connectivity index (χ0v) is 16.1. The van der Waals surface area contributed by atoms with Crippen LogP contribution in [-0.2, 0) is 11.3 Å². The third-order valence-corrected chi connectivity index (χ3v) is 4.51. The second-order valence-corrected chi connectivity index (χ2v) is 6.70. The molecule has 2 aromatic rings. The maximum Gasteiger partial charge on any atom is 0.319 e. The second kappa shape index (κ2) is 8.12. The van der Waals surface area contributed by atoms with Gasteiger partial charge in [-0.1, -0.05) is 12.1 Å². The summed E-state index contributed by atoms with van der Waals surface area (Å²) in [6.07, 6.45) is 0.693. The SMILES string of the molecule is CC1=C(C(=O)NCCCn2nc(C)nc2C)[C@@H](c2cccc(O)c2)NC(=O)N1. The van der Waals surface area contributed by atoms with Crippen LogP contribution in [0.3, 0.4) is 0 Å². The molecule has 0 saturated heterocycles. The van der Waals surface area contributed by atoms with Crippen LogP contribution >= 0.6 is 0 Å². The fraction of sp³-hybridized carbons (Fsp3) is 0.368. The first-order valence-electron chi connectivity index (χ1n) is 9.08. The summed E-state index contributed by atoms with van der Waals surface area (Å²) in [6, 6.07) is 5.47. The molecule has 3 rings (SSSR count). The number of aromatic nitrogens is 3. The summed E-state index contributed by atoms with van der Waals surface area (Å²) in [5, 5.41) is 22.3. The molecule has 0 radical (unpaired) electrons. The molecule has 4 N–H and O–H groups in total. The Morgan fingerprint density at radius 1 is 1.32 bits per heavy atom. The van der Waals surface area contributed by atoms with Crippen molar-refractivity contribution in [3.63, 3.8) is 0 Å². The lowest BCUT2D eigenvalue weighted by Crippen LogP contribution is -2.47. The number of aryl methyl sites for hydroxylation is 3. The molecule has 0 spiro atoms. The molecule has 2 heterocycles. The first kappa shape index (κ1) is 19.4. The molecular formula is C19H24N6O3. The van der Waals surface area contributed by atoms with E-state index in [1.54, 1.807) is 19.1 Å². The Bertz CT molecular complexity index is 934. The van der Waals surface area contributed by atoms with E-state index < -0.39 is 6.04 Å². The van der Waals surface area contributed by atoms with E-state index in [0.29, 0.717) is 36.3 Å². The van der Waals surface area contributed by atoms with Crippen molar-refractivity contribution < 1.29 is 14.7 Å². The van der Waals surface area contributed by atoms with Gasteiger partial charge in [-0.3, -0.25) is 9.48 Å². The van der Waals surface area contributed by atoms with Crippen LogP contribution in [0.2, 0.25) is 0 Å². The quantitative estimate of drug-likeness (QED) is 0.562. The van der Waals surface area contributed by atoms with E-state index in [1.165, 1.54) is 12.1 Å². The van der Waals surface area contributed by atoms with E-state index in [0.717, 1.165) is 11.6 Å². The second-order valence-electron chi connectivity index (χ2n) is 6.70. The van der Waals surface area contributed by atoms with Gasteiger partial charge in [-0.25, -0.2) is 9.78 Å². The molecule has 0 bridgehead atoms. The Morgan fingerprint density at radius 3 is 2.79 bits per heavy atom.